The van der Waals surface area contributed by atoms with Crippen molar-refractivity contribution in [1.82, 2.24) is 0 Å². The fourth-order valence-electron chi connectivity index (χ4n) is 2.58. The van der Waals surface area contributed by atoms with E-state index in [0.29, 0.717) is 6.04 Å². The molecule has 0 saturated carbocycles. The first kappa shape index (κ1) is 12.0. The Morgan fingerprint density at radius 1 is 1.00 bits per heavy atom. The predicted octanol–water partition coefficient (Wildman–Crippen LogP) is 3.85. The number of anilines is 1. The summed E-state index contributed by atoms with van der Waals surface area (Å²) >= 11 is 2.36. The first-order valence-corrected chi connectivity index (χ1v) is 7.19. The highest BCUT2D eigenvalue weighted by atomic mass is 127. The van der Waals surface area contributed by atoms with Gasteiger partial charge < -0.3 is 11.1 Å². The molecule has 0 amide bonds. The van der Waals surface area contributed by atoms with Crippen molar-refractivity contribution in [2.75, 3.05) is 5.32 Å². The molecule has 92 valence electrons. The van der Waals surface area contributed by atoms with Gasteiger partial charge in [-0.1, -0.05) is 36.4 Å². The zero-order chi connectivity index (χ0) is 12.5. The summed E-state index contributed by atoms with van der Waals surface area (Å²) < 4.78 is 1.24. The summed E-state index contributed by atoms with van der Waals surface area (Å²) in [5.41, 5.74) is 9.99. The molecule has 3 heteroatoms. The van der Waals surface area contributed by atoms with Crippen LogP contribution < -0.4 is 11.1 Å². The molecule has 2 aromatic rings. The maximum Gasteiger partial charge on any atom is 0.0535 e. The number of halogens is 1. The molecular weight excluding hydrogens is 335 g/mol. The first-order chi connectivity index (χ1) is 8.75. The Morgan fingerprint density at radius 2 is 1.67 bits per heavy atom. The van der Waals surface area contributed by atoms with Crippen LogP contribution >= 0.6 is 22.6 Å². The lowest BCUT2D eigenvalue weighted by Gasteiger charge is -2.16. The Kier molecular flexibility index (Phi) is 3.26. The molecule has 2 unspecified atom stereocenters. The van der Waals surface area contributed by atoms with Crippen LogP contribution in [0.2, 0.25) is 0 Å². The number of benzene rings is 2. The summed E-state index contributed by atoms with van der Waals surface area (Å²) in [5.74, 6) is 0. The normalized spacial score (nSPS) is 21.7. The molecule has 1 aliphatic rings. The number of nitrogens with one attached hydrogen (secondary N) is 1. The number of fused-ring (bicyclic) bond motifs is 1. The van der Waals surface area contributed by atoms with E-state index in [0.717, 1.165) is 6.42 Å². The van der Waals surface area contributed by atoms with Crippen molar-refractivity contribution in [2.45, 2.75) is 18.5 Å². The standard InChI is InChI=1S/C15H15IN2/c16-12-7-3-4-8-14(12)18-15-9-13(17)10-5-1-2-6-11(10)15/h1-8,13,15,18H,9,17H2. The third-order valence-corrected chi connectivity index (χ3v) is 4.40. The predicted molar refractivity (Wildman–Crippen MR) is 83.5 cm³/mol. The van der Waals surface area contributed by atoms with Crippen LogP contribution in [0.1, 0.15) is 29.6 Å². The molecular formula is C15H15IN2. The minimum atomic E-state index is 0.153. The molecule has 0 saturated heterocycles. The fraction of sp³-hybridized carbons (Fsp3) is 0.200. The lowest BCUT2D eigenvalue weighted by atomic mass is 10.1. The first-order valence-electron chi connectivity index (χ1n) is 6.11. The van der Waals surface area contributed by atoms with Crippen molar-refractivity contribution in [3.8, 4) is 0 Å². The van der Waals surface area contributed by atoms with Gasteiger partial charge in [-0.25, -0.2) is 0 Å². The summed E-state index contributed by atoms with van der Waals surface area (Å²) in [4.78, 5) is 0. The number of hydrogen-bond donors (Lipinski definition) is 2. The van der Waals surface area contributed by atoms with Gasteiger partial charge in [-0.15, -0.1) is 0 Å². The minimum Gasteiger partial charge on any atom is -0.377 e. The van der Waals surface area contributed by atoms with Crippen molar-refractivity contribution in [3.63, 3.8) is 0 Å². The molecule has 3 rings (SSSR count). The van der Waals surface area contributed by atoms with Gasteiger partial charge in [0.05, 0.1) is 6.04 Å². The quantitative estimate of drug-likeness (QED) is 0.808. The van der Waals surface area contributed by atoms with Crippen LogP contribution in [0, 0.1) is 3.57 Å². The molecule has 2 atom stereocenters. The smallest absolute Gasteiger partial charge is 0.0535 e. The van der Waals surface area contributed by atoms with Gasteiger partial charge in [0.15, 0.2) is 0 Å². The molecule has 2 nitrogen and oxygen atoms in total. The second-order valence-corrected chi connectivity index (χ2v) is 5.81. The summed E-state index contributed by atoms with van der Waals surface area (Å²) in [6, 6.07) is 17.3. The lowest BCUT2D eigenvalue weighted by Crippen LogP contribution is -2.10. The average molecular weight is 350 g/mol. The van der Waals surface area contributed by atoms with E-state index in [4.69, 9.17) is 5.73 Å². The fourth-order valence-corrected chi connectivity index (χ4v) is 3.12. The highest BCUT2D eigenvalue weighted by Gasteiger charge is 2.28. The van der Waals surface area contributed by atoms with Gasteiger partial charge in [0.1, 0.15) is 0 Å². The minimum absolute atomic E-state index is 0.153. The summed E-state index contributed by atoms with van der Waals surface area (Å²) in [6.45, 7) is 0. The van der Waals surface area contributed by atoms with E-state index in [2.05, 4.69) is 76.4 Å². The van der Waals surface area contributed by atoms with E-state index in [-0.39, 0.29) is 6.04 Å². The Labute approximate surface area is 121 Å². The Bertz CT molecular complexity index is 568. The summed E-state index contributed by atoms with van der Waals surface area (Å²) in [6.07, 6.45) is 0.963. The van der Waals surface area contributed by atoms with E-state index >= 15 is 0 Å². The molecule has 0 spiro atoms. The highest BCUT2D eigenvalue weighted by molar-refractivity contribution is 14.1. The molecule has 18 heavy (non-hydrogen) atoms. The Balaban J connectivity index is 1.90. The van der Waals surface area contributed by atoms with Crippen molar-refractivity contribution in [1.29, 1.82) is 0 Å². The molecule has 1 aliphatic carbocycles. The van der Waals surface area contributed by atoms with E-state index in [1.165, 1.54) is 20.4 Å². The molecule has 0 fully saturated rings. The van der Waals surface area contributed by atoms with Crippen molar-refractivity contribution < 1.29 is 0 Å². The number of nitrogens with two attached hydrogens (primary N) is 1. The van der Waals surface area contributed by atoms with Gasteiger partial charge in [-0.3, -0.25) is 0 Å². The van der Waals surface area contributed by atoms with Gasteiger partial charge in [-0.2, -0.15) is 0 Å². The van der Waals surface area contributed by atoms with Gasteiger partial charge in [0.25, 0.3) is 0 Å². The van der Waals surface area contributed by atoms with Crippen LogP contribution in [0.25, 0.3) is 0 Å². The van der Waals surface area contributed by atoms with Gasteiger partial charge >= 0.3 is 0 Å². The molecule has 0 heterocycles. The lowest BCUT2D eigenvalue weighted by molar-refractivity contribution is 0.648. The third kappa shape index (κ3) is 2.12. The zero-order valence-electron chi connectivity index (χ0n) is 9.94. The molecule has 3 N–H and O–H groups in total. The maximum atomic E-state index is 6.19. The second-order valence-electron chi connectivity index (χ2n) is 4.65. The molecule has 0 radical (unpaired) electrons. The van der Waals surface area contributed by atoms with Crippen LogP contribution in [-0.2, 0) is 0 Å². The molecule has 2 aromatic carbocycles. The number of para-hydroxylation sites is 1. The van der Waals surface area contributed by atoms with Gasteiger partial charge in [-0.05, 0) is 52.3 Å². The van der Waals surface area contributed by atoms with Crippen molar-refractivity contribution in [2.24, 2.45) is 5.73 Å². The van der Waals surface area contributed by atoms with Crippen LogP contribution in [0.4, 0.5) is 5.69 Å². The van der Waals surface area contributed by atoms with Gasteiger partial charge in [0.2, 0.25) is 0 Å². The van der Waals surface area contributed by atoms with Gasteiger partial charge in [0, 0.05) is 15.3 Å². The van der Waals surface area contributed by atoms with Crippen LogP contribution in [0.5, 0.6) is 0 Å². The average Bonchev–Trinajstić information content (AvgIpc) is 2.70. The van der Waals surface area contributed by atoms with Crippen LogP contribution in [0.3, 0.4) is 0 Å². The second kappa shape index (κ2) is 4.90. The number of rotatable bonds is 2. The Hall–Kier alpha value is -1.07. The third-order valence-electron chi connectivity index (χ3n) is 3.46. The van der Waals surface area contributed by atoms with Crippen LogP contribution in [0.15, 0.2) is 48.5 Å². The highest BCUT2D eigenvalue weighted by Crippen LogP contribution is 2.39. The summed E-state index contributed by atoms with van der Waals surface area (Å²) in [7, 11) is 0. The van der Waals surface area contributed by atoms with Crippen LogP contribution in [-0.4, -0.2) is 0 Å². The maximum absolute atomic E-state index is 6.19. The van der Waals surface area contributed by atoms with E-state index in [1.54, 1.807) is 0 Å². The SMILES string of the molecule is NC1CC(Nc2ccccc2I)c2ccccc21. The molecule has 0 aromatic heterocycles. The van der Waals surface area contributed by atoms with E-state index < -0.39 is 0 Å². The monoisotopic (exact) mass is 350 g/mol. The molecule has 0 bridgehead atoms. The van der Waals surface area contributed by atoms with Crippen molar-refractivity contribution in [3.05, 3.63) is 63.2 Å². The zero-order valence-corrected chi connectivity index (χ0v) is 12.1. The van der Waals surface area contributed by atoms with Crippen molar-refractivity contribution >= 4 is 28.3 Å². The Morgan fingerprint density at radius 3 is 2.44 bits per heavy atom. The van der Waals surface area contributed by atoms with E-state index in [9.17, 15) is 0 Å². The largest absolute Gasteiger partial charge is 0.377 e. The number of hydrogen-bond acceptors (Lipinski definition) is 2. The van der Waals surface area contributed by atoms with E-state index in [1.807, 2.05) is 0 Å². The topological polar surface area (TPSA) is 38.0 Å². The summed E-state index contributed by atoms with van der Waals surface area (Å²) in [5, 5.41) is 3.61. The molecule has 0 aliphatic heterocycles.